The minimum atomic E-state index is -0.769. The molecule has 0 radical (unpaired) electrons. The van der Waals surface area contributed by atoms with Crippen LogP contribution in [0.1, 0.15) is 393 Å². The molecule has 0 fully saturated rings. The number of rotatable bonds is 64. The summed E-state index contributed by atoms with van der Waals surface area (Å²) in [5.74, 6) is -0.849. The van der Waals surface area contributed by atoms with Crippen molar-refractivity contribution in [2.75, 3.05) is 13.2 Å². The first-order valence-electron chi connectivity index (χ1n) is 34.2. The third-order valence-corrected chi connectivity index (χ3v) is 15.8. The molecule has 0 rings (SSSR count). The van der Waals surface area contributed by atoms with Crippen LogP contribution in [0.3, 0.4) is 0 Å². The fourth-order valence-electron chi connectivity index (χ4n) is 10.6. The second-order valence-electron chi connectivity index (χ2n) is 23.5. The number of carbonyl (C=O) groups excluding carboxylic acids is 3. The van der Waals surface area contributed by atoms with Gasteiger partial charge in [0.15, 0.2) is 6.10 Å². The van der Waals surface area contributed by atoms with Crippen LogP contribution in [0.25, 0.3) is 0 Å². The Morgan fingerprint density at radius 3 is 0.680 bits per heavy atom. The van der Waals surface area contributed by atoms with Crippen molar-refractivity contribution in [1.82, 2.24) is 0 Å². The average Bonchev–Trinajstić information content (AvgIpc) is 3.41. The smallest absolute Gasteiger partial charge is 0.306 e. The molecule has 0 bridgehead atoms. The van der Waals surface area contributed by atoms with Gasteiger partial charge in [-0.05, 0) is 44.9 Å². The monoisotopic (exact) mass is 1060 g/mol. The van der Waals surface area contributed by atoms with Gasteiger partial charge in [-0.25, -0.2) is 0 Å². The van der Waals surface area contributed by atoms with Crippen molar-refractivity contribution in [3.63, 3.8) is 0 Å². The predicted molar refractivity (Wildman–Crippen MR) is 326 cm³/mol. The van der Waals surface area contributed by atoms with Crippen LogP contribution in [0.2, 0.25) is 0 Å². The van der Waals surface area contributed by atoms with E-state index in [0.29, 0.717) is 19.3 Å². The molecule has 444 valence electrons. The van der Waals surface area contributed by atoms with Gasteiger partial charge in [0.25, 0.3) is 0 Å². The van der Waals surface area contributed by atoms with E-state index in [1.54, 1.807) is 0 Å². The molecule has 6 nitrogen and oxygen atoms in total. The normalized spacial score (nSPS) is 12.0. The zero-order valence-electron chi connectivity index (χ0n) is 51.1. The van der Waals surface area contributed by atoms with Crippen molar-refractivity contribution in [2.24, 2.45) is 0 Å². The molecule has 1 atom stereocenters. The highest BCUT2D eigenvalue weighted by Crippen LogP contribution is 2.19. The lowest BCUT2D eigenvalue weighted by atomic mass is 10.0. The SMILES string of the molecule is CCCCCC/C=C\CCCCCCCC(=O)OC(COC(=O)CCCCCCCCCCCCCC)COC(=O)CCCCCCCCCCCCCCCCCCCCCCCCCCCCCCCCCC. The first kappa shape index (κ1) is 73.2. The molecule has 0 aromatic rings. The molecule has 0 aliphatic rings. The summed E-state index contributed by atoms with van der Waals surface area (Å²) < 4.78 is 16.9. The van der Waals surface area contributed by atoms with Gasteiger partial charge in [-0.15, -0.1) is 0 Å². The van der Waals surface area contributed by atoms with E-state index < -0.39 is 6.10 Å². The molecule has 6 heteroatoms. The van der Waals surface area contributed by atoms with Gasteiger partial charge in [-0.2, -0.15) is 0 Å². The molecule has 0 N–H and O–H groups in total. The lowest BCUT2D eigenvalue weighted by Crippen LogP contribution is -2.30. The van der Waals surface area contributed by atoms with Crippen molar-refractivity contribution in [3.05, 3.63) is 12.2 Å². The maximum absolute atomic E-state index is 12.9. The molecular weight excluding hydrogens is 925 g/mol. The van der Waals surface area contributed by atoms with Crippen LogP contribution in [0.4, 0.5) is 0 Å². The largest absolute Gasteiger partial charge is 0.462 e. The Hall–Kier alpha value is -1.85. The Kier molecular flexibility index (Phi) is 63.1. The number of unbranched alkanes of at least 4 members (excludes halogenated alkanes) is 51. The Morgan fingerprint density at radius 1 is 0.253 bits per heavy atom. The maximum Gasteiger partial charge on any atom is 0.306 e. The summed E-state index contributed by atoms with van der Waals surface area (Å²) in [6.45, 7) is 6.68. The maximum atomic E-state index is 12.9. The standard InChI is InChI=1S/C69H132O6/c1-4-7-10-13-16-19-22-25-26-27-28-29-30-31-32-33-34-35-36-37-38-39-40-41-42-43-45-47-50-53-56-59-62-68(71)74-65-66(64-73-67(70)61-58-55-52-49-46-24-21-18-15-12-9-6-3)75-69(72)63-60-57-54-51-48-44-23-20-17-14-11-8-5-2/h20,23,66H,4-19,21-22,24-65H2,1-3H3/b23-20-. The number of esters is 3. The van der Waals surface area contributed by atoms with Crippen LogP contribution < -0.4 is 0 Å². The highest BCUT2D eigenvalue weighted by molar-refractivity contribution is 5.71. The van der Waals surface area contributed by atoms with Gasteiger partial charge in [0.2, 0.25) is 0 Å². The van der Waals surface area contributed by atoms with E-state index in [-0.39, 0.29) is 31.1 Å². The molecule has 0 aromatic carbocycles. The molecule has 0 aliphatic carbocycles. The van der Waals surface area contributed by atoms with Crippen molar-refractivity contribution < 1.29 is 28.6 Å². The molecule has 0 amide bonds. The van der Waals surface area contributed by atoms with Crippen molar-refractivity contribution in [1.29, 1.82) is 0 Å². The Labute approximate surface area is 469 Å². The van der Waals surface area contributed by atoms with E-state index in [9.17, 15) is 14.4 Å². The fourth-order valence-corrected chi connectivity index (χ4v) is 10.6. The zero-order chi connectivity index (χ0) is 54.3. The van der Waals surface area contributed by atoms with Gasteiger partial charge in [0.1, 0.15) is 13.2 Å². The first-order chi connectivity index (χ1) is 37.0. The Balaban J connectivity index is 4.02. The summed E-state index contributed by atoms with van der Waals surface area (Å²) >= 11 is 0. The third-order valence-electron chi connectivity index (χ3n) is 15.8. The highest BCUT2D eigenvalue weighted by Gasteiger charge is 2.19. The fraction of sp³-hybridized carbons (Fsp3) is 0.928. The van der Waals surface area contributed by atoms with Crippen LogP contribution in [0, 0.1) is 0 Å². The van der Waals surface area contributed by atoms with Crippen molar-refractivity contribution >= 4 is 17.9 Å². The molecule has 0 heterocycles. The van der Waals surface area contributed by atoms with Crippen LogP contribution in [-0.2, 0) is 28.6 Å². The first-order valence-corrected chi connectivity index (χ1v) is 34.2. The average molecular weight is 1060 g/mol. The highest BCUT2D eigenvalue weighted by atomic mass is 16.6. The summed E-state index contributed by atoms with van der Waals surface area (Å²) in [7, 11) is 0. The van der Waals surface area contributed by atoms with Gasteiger partial charge in [0.05, 0.1) is 0 Å². The van der Waals surface area contributed by atoms with E-state index in [1.165, 1.54) is 289 Å². The summed E-state index contributed by atoms with van der Waals surface area (Å²) in [6.07, 6.45) is 76.9. The minimum Gasteiger partial charge on any atom is -0.462 e. The predicted octanol–water partition coefficient (Wildman–Crippen LogP) is 23.2. The lowest BCUT2D eigenvalue weighted by Gasteiger charge is -2.18. The number of hydrogen-bond acceptors (Lipinski definition) is 6. The van der Waals surface area contributed by atoms with E-state index in [0.717, 1.165) is 64.2 Å². The molecule has 75 heavy (non-hydrogen) atoms. The third kappa shape index (κ3) is 62.9. The summed E-state index contributed by atoms with van der Waals surface area (Å²) in [5.41, 5.74) is 0. The summed E-state index contributed by atoms with van der Waals surface area (Å²) in [6, 6.07) is 0. The zero-order valence-corrected chi connectivity index (χ0v) is 51.1. The second kappa shape index (κ2) is 64.7. The second-order valence-corrected chi connectivity index (χ2v) is 23.5. The molecule has 0 aromatic heterocycles. The van der Waals surface area contributed by atoms with Gasteiger partial charge < -0.3 is 14.2 Å². The summed E-state index contributed by atoms with van der Waals surface area (Å²) in [4.78, 5) is 38.2. The van der Waals surface area contributed by atoms with Crippen molar-refractivity contribution in [2.45, 2.75) is 399 Å². The van der Waals surface area contributed by atoms with Crippen LogP contribution in [0.5, 0.6) is 0 Å². The number of ether oxygens (including phenoxy) is 3. The Bertz CT molecular complexity index is 1170. The molecule has 0 saturated heterocycles. The van der Waals surface area contributed by atoms with E-state index in [4.69, 9.17) is 14.2 Å². The van der Waals surface area contributed by atoms with Crippen molar-refractivity contribution in [3.8, 4) is 0 Å². The molecule has 1 unspecified atom stereocenters. The number of hydrogen-bond donors (Lipinski definition) is 0. The van der Waals surface area contributed by atoms with Crippen LogP contribution >= 0.6 is 0 Å². The van der Waals surface area contributed by atoms with Gasteiger partial charge >= 0.3 is 17.9 Å². The van der Waals surface area contributed by atoms with E-state index in [1.807, 2.05) is 0 Å². The molecule has 0 saturated carbocycles. The van der Waals surface area contributed by atoms with E-state index >= 15 is 0 Å². The number of allylic oxidation sites excluding steroid dienone is 2. The Morgan fingerprint density at radius 2 is 0.440 bits per heavy atom. The summed E-state index contributed by atoms with van der Waals surface area (Å²) in [5, 5.41) is 0. The number of carbonyl (C=O) groups is 3. The van der Waals surface area contributed by atoms with Crippen LogP contribution in [-0.4, -0.2) is 37.2 Å². The van der Waals surface area contributed by atoms with Gasteiger partial charge in [0, 0.05) is 19.3 Å². The lowest BCUT2D eigenvalue weighted by molar-refractivity contribution is -0.167. The van der Waals surface area contributed by atoms with Crippen LogP contribution in [0.15, 0.2) is 12.2 Å². The quantitative estimate of drug-likeness (QED) is 0.0261. The van der Waals surface area contributed by atoms with E-state index in [2.05, 4.69) is 32.9 Å². The molecular formula is C69H132O6. The minimum absolute atomic E-state index is 0.0673. The molecule has 0 aliphatic heterocycles. The molecule has 0 spiro atoms. The van der Waals surface area contributed by atoms with Gasteiger partial charge in [-0.3, -0.25) is 14.4 Å². The van der Waals surface area contributed by atoms with Gasteiger partial charge in [-0.1, -0.05) is 341 Å². The topological polar surface area (TPSA) is 78.9 Å².